The van der Waals surface area contributed by atoms with Gasteiger partial charge >= 0.3 is 0 Å². The topological polar surface area (TPSA) is 33.6 Å². The lowest BCUT2D eigenvalue weighted by atomic mass is 9.86. The second-order valence-corrected chi connectivity index (χ2v) is 15.6. The van der Waals surface area contributed by atoms with Crippen molar-refractivity contribution in [2.24, 2.45) is 0 Å². The normalized spacial score (nSPS) is 13.9. The quantitative estimate of drug-likeness (QED) is 0.166. The van der Waals surface area contributed by atoms with E-state index in [-0.39, 0.29) is 5.92 Å². The van der Waals surface area contributed by atoms with Crippen LogP contribution in [0.3, 0.4) is 0 Å². The number of nitriles is 1. The fourth-order valence-electron chi connectivity index (χ4n) is 9.81. The van der Waals surface area contributed by atoms with Gasteiger partial charge in [0, 0.05) is 39.1 Å². The zero-order valence-corrected chi connectivity index (χ0v) is 31.6. The van der Waals surface area contributed by atoms with Gasteiger partial charge in [-0.05, 0) is 128 Å². The molecule has 58 heavy (non-hydrogen) atoms. The van der Waals surface area contributed by atoms with Crippen LogP contribution < -0.4 is 0 Å². The van der Waals surface area contributed by atoms with Gasteiger partial charge < -0.3 is 9.13 Å². The maximum Gasteiger partial charge on any atom is 0.0991 e. The van der Waals surface area contributed by atoms with Crippen LogP contribution in [0.5, 0.6) is 0 Å². The van der Waals surface area contributed by atoms with E-state index in [0.717, 1.165) is 23.2 Å². The second kappa shape index (κ2) is 12.7. The SMILES string of the molecule is N#Cc1ccc(-c2cccc(-n3c4c(c5ccccc53)CC(c3ccc5c(c3)c3ccccc3n5-c3ccc5c6ccccc6c6ccccc6c5c3)C=C4)c2)cc1. The lowest BCUT2D eigenvalue weighted by Gasteiger charge is -2.20. The zero-order valence-electron chi connectivity index (χ0n) is 31.6. The van der Waals surface area contributed by atoms with Crippen molar-refractivity contribution in [3.8, 4) is 28.6 Å². The summed E-state index contributed by atoms with van der Waals surface area (Å²) >= 11 is 0. The molecule has 1 atom stereocenters. The molecule has 0 spiro atoms. The molecule has 2 heterocycles. The Morgan fingerprint density at radius 3 is 1.76 bits per heavy atom. The monoisotopic (exact) mass is 737 g/mol. The predicted octanol–water partition coefficient (Wildman–Crippen LogP) is 14.1. The Hall–Kier alpha value is -7.67. The number of hydrogen-bond acceptors (Lipinski definition) is 1. The molecule has 0 bridgehead atoms. The molecule has 0 radical (unpaired) electrons. The molecule has 2 aromatic heterocycles. The highest BCUT2D eigenvalue weighted by Gasteiger charge is 2.25. The van der Waals surface area contributed by atoms with Gasteiger partial charge in [-0.15, -0.1) is 0 Å². The maximum absolute atomic E-state index is 9.33. The number of allylic oxidation sites excluding steroid dienone is 1. The van der Waals surface area contributed by atoms with E-state index in [9.17, 15) is 5.26 Å². The summed E-state index contributed by atoms with van der Waals surface area (Å²) < 4.78 is 4.86. The summed E-state index contributed by atoms with van der Waals surface area (Å²) in [5.41, 5.74) is 12.8. The van der Waals surface area contributed by atoms with Gasteiger partial charge in [-0.3, -0.25) is 0 Å². The summed E-state index contributed by atoms with van der Waals surface area (Å²) in [5, 5.41) is 20.9. The van der Waals surface area contributed by atoms with Crippen LogP contribution in [0, 0.1) is 11.3 Å². The molecule has 3 nitrogen and oxygen atoms in total. The van der Waals surface area contributed by atoms with Gasteiger partial charge in [-0.25, -0.2) is 0 Å². The summed E-state index contributed by atoms with van der Waals surface area (Å²) in [6, 6.07) is 68.2. The minimum absolute atomic E-state index is 0.239. The number of benzene rings is 9. The van der Waals surface area contributed by atoms with Gasteiger partial charge in [-0.1, -0.05) is 127 Å². The highest BCUT2D eigenvalue weighted by atomic mass is 15.0. The van der Waals surface area contributed by atoms with Crippen molar-refractivity contribution in [3.05, 3.63) is 210 Å². The summed E-state index contributed by atoms with van der Waals surface area (Å²) in [4.78, 5) is 0. The van der Waals surface area contributed by atoms with Crippen LogP contribution >= 0.6 is 0 Å². The molecule has 0 fully saturated rings. The van der Waals surface area contributed by atoms with E-state index in [0.29, 0.717) is 5.56 Å². The van der Waals surface area contributed by atoms with Crippen molar-refractivity contribution in [1.29, 1.82) is 5.26 Å². The van der Waals surface area contributed by atoms with E-state index >= 15 is 0 Å². The minimum atomic E-state index is 0.239. The predicted molar refractivity (Wildman–Crippen MR) is 242 cm³/mol. The Morgan fingerprint density at radius 2 is 1.03 bits per heavy atom. The van der Waals surface area contributed by atoms with Gasteiger partial charge in [0.05, 0.1) is 28.2 Å². The molecule has 0 saturated heterocycles. The van der Waals surface area contributed by atoms with Gasteiger partial charge in [0.25, 0.3) is 0 Å². The number of nitrogens with zero attached hydrogens (tertiary/aromatic N) is 3. The number of fused-ring (bicyclic) bond motifs is 12. The lowest BCUT2D eigenvalue weighted by molar-refractivity contribution is 0.826. The molecule has 9 aromatic carbocycles. The van der Waals surface area contributed by atoms with Crippen LogP contribution in [0.15, 0.2) is 188 Å². The second-order valence-electron chi connectivity index (χ2n) is 15.6. The Bertz CT molecular complexity index is 3520. The van der Waals surface area contributed by atoms with E-state index < -0.39 is 0 Å². The Labute approximate surface area is 335 Å². The van der Waals surface area contributed by atoms with Gasteiger partial charge in [0.1, 0.15) is 0 Å². The molecular formula is C55H35N3. The van der Waals surface area contributed by atoms with Crippen molar-refractivity contribution in [2.45, 2.75) is 12.3 Å². The molecule has 11 aromatic rings. The molecule has 3 heteroatoms. The van der Waals surface area contributed by atoms with Gasteiger partial charge in [-0.2, -0.15) is 5.26 Å². The first kappa shape index (κ1) is 32.6. The molecule has 270 valence electrons. The van der Waals surface area contributed by atoms with Crippen molar-refractivity contribution in [1.82, 2.24) is 9.13 Å². The van der Waals surface area contributed by atoms with Crippen molar-refractivity contribution >= 4 is 71.1 Å². The maximum atomic E-state index is 9.33. The molecule has 1 aliphatic carbocycles. The standard InChI is InChI=1S/C55H35N3/c56-34-35-20-22-36(23-21-35)37-10-9-11-40(30-37)57-52-18-7-5-16-47(52)50-31-38(24-28-54(50)57)39-25-29-55-51(32-39)48-17-6-8-19-53(48)58(55)41-26-27-46-44-14-2-1-12-42(44)43-13-3-4-15-45(43)49(46)33-41/h1-30,32-33,38H,31H2. The first-order valence-electron chi connectivity index (χ1n) is 20.0. The highest BCUT2D eigenvalue weighted by Crippen LogP contribution is 2.42. The largest absolute Gasteiger partial charge is 0.310 e. The first-order chi connectivity index (χ1) is 28.7. The summed E-state index contributed by atoms with van der Waals surface area (Å²) in [7, 11) is 0. The Balaban J connectivity index is 0.966. The number of rotatable bonds is 4. The lowest BCUT2D eigenvalue weighted by Crippen LogP contribution is -2.07. The van der Waals surface area contributed by atoms with Crippen LogP contribution in [-0.2, 0) is 6.42 Å². The summed E-state index contributed by atoms with van der Waals surface area (Å²) in [6.07, 6.45) is 5.67. The molecule has 0 N–H and O–H groups in total. The van der Waals surface area contributed by atoms with E-state index in [4.69, 9.17) is 0 Å². The van der Waals surface area contributed by atoms with E-state index in [1.807, 2.05) is 24.3 Å². The van der Waals surface area contributed by atoms with Crippen LogP contribution in [0.25, 0.3) is 93.6 Å². The summed E-state index contributed by atoms with van der Waals surface area (Å²) in [5.74, 6) is 0.239. The average molecular weight is 738 g/mol. The Morgan fingerprint density at radius 1 is 0.431 bits per heavy atom. The van der Waals surface area contributed by atoms with Crippen LogP contribution in [-0.4, -0.2) is 9.13 Å². The molecule has 12 rings (SSSR count). The number of aromatic nitrogens is 2. The molecule has 0 aliphatic heterocycles. The zero-order chi connectivity index (χ0) is 38.3. The van der Waals surface area contributed by atoms with Gasteiger partial charge in [0.15, 0.2) is 0 Å². The fraction of sp³-hybridized carbons (Fsp3) is 0.0364. The fourth-order valence-corrected chi connectivity index (χ4v) is 9.81. The molecule has 1 unspecified atom stereocenters. The molecule has 0 saturated carbocycles. The smallest absolute Gasteiger partial charge is 0.0991 e. The first-order valence-corrected chi connectivity index (χ1v) is 20.0. The van der Waals surface area contributed by atoms with Crippen LogP contribution in [0.1, 0.15) is 28.3 Å². The average Bonchev–Trinajstić information content (AvgIpc) is 3.81. The highest BCUT2D eigenvalue weighted by molar-refractivity contribution is 6.25. The molecule has 0 amide bonds. The Kier molecular flexibility index (Phi) is 7.12. The van der Waals surface area contributed by atoms with Gasteiger partial charge in [0.2, 0.25) is 0 Å². The minimum Gasteiger partial charge on any atom is -0.310 e. The van der Waals surface area contributed by atoms with E-state index in [1.54, 1.807) is 0 Å². The third-order valence-electron chi connectivity index (χ3n) is 12.5. The molecule has 1 aliphatic rings. The van der Waals surface area contributed by atoms with E-state index in [2.05, 4.69) is 185 Å². The van der Waals surface area contributed by atoms with Crippen molar-refractivity contribution in [3.63, 3.8) is 0 Å². The summed E-state index contributed by atoms with van der Waals surface area (Å²) in [6.45, 7) is 0. The number of para-hydroxylation sites is 2. The number of hydrogen-bond donors (Lipinski definition) is 0. The van der Waals surface area contributed by atoms with Crippen molar-refractivity contribution < 1.29 is 0 Å². The van der Waals surface area contributed by atoms with Crippen LogP contribution in [0.4, 0.5) is 0 Å². The molecular weight excluding hydrogens is 703 g/mol. The van der Waals surface area contributed by atoms with Crippen LogP contribution in [0.2, 0.25) is 0 Å². The van der Waals surface area contributed by atoms with E-state index in [1.165, 1.54) is 87.5 Å². The van der Waals surface area contributed by atoms with Crippen molar-refractivity contribution in [2.75, 3.05) is 0 Å². The third-order valence-corrected chi connectivity index (χ3v) is 12.5. The third kappa shape index (κ3) is 4.86.